The molecule has 0 amide bonds. The molecule has 1 heterocycles. The standard InChI is InChI=1S/C14H15NOS/c1-11-6-8-13(9-7-11)10-17(16)14-5-3-4-12(2)15-14/h3-9H,10H2,1-2H3. The van der Waals surface area contributed by atoms with Crippen molar-refractivity contribution >= 4 is 10.8 Å². The van der Waals surface area contributed by atoms with Crippen LogP contribution >= 0.6 is 0 Å². The van der Waals surface area contributed by atoms with Crippen molar-refractivity contribution in [2.24, 2.45) is 0 Å². The molecule has 0 saturated carbocycles. The van der Waals surface area contributed by atoms with Crippen LogP contribution in [-0.4, -0.2) is 9.19 Å². The fourth-order valence-electron chi connectivity index (χ4n) is 1.55. The van der Waals surface area contributed by atoms with Crippen molar-refractivity contribution in [3.8, 4) is 0 Å². The monoisotopic (exact) mass is 245 g/mol. The van der Waals surface area contributed by atoms with E-state index in [0.717, 1.165) is 11.3 Å². The van der Waals surface area contributed by atoms with Gasteiger partial charge in [0, 0.05) is 5.69 Å². The van der Waals surface area contributed by atoms with Gasteiger partial charge in [0.15, 0.2) is 0 Å². The maximum Gasteiger partial charge on any atom is 0.127 e. The first-order valence-corrected chi connectivity index (χ1v) is 6.84. The molecule has 1 atom stereocenters. The highest BCUT2D eigenvalue weighted by molar-refractivity contribution is 7.84. The van der Waals surface area contributed by atoms with Gasteiger partial charge >= 0.3 is 0 Å². The molecule has 0 N–H and O–H groups in total. The van der Waals surface area contributed by atoms with Crippen molar-refractivity contribution in [2.75, 3.05) is 0 Å². The number of nitrogens with zero attached hydrogens (tertiary/aromatic N) is 1. The van der Waals surface area contributed by atoms with Gasteiger partial charge in [0.2, 0.25) is 0 Å². The Labute approximate surface area is 104 Å². The van der Waals surface area contributed by atoms with Crippen molar-refractivity contribution in [3.63, 3.8) is 0 Å². The van der Waals surface area contributed by atoms with Crippen molar-refractivity contribution in [3.05, 3.63) is 59.3 Å². The van der Waals surface area contributed by atoms with Gasteiger partial charge in [-0.3, -0.25) is 4.21 Å². The van der Waals surface area contributed by atoms with Gasteiger partial charge in [0.25, 0.3) is 0 Å². The topological polar surface area (TPSA) is 30.0 Å². The lowest BCUT2D eigenvalue weighted by Crippen LogP contribution is -1.99. The molecule has 2 nitrogen and oxygen atoms in total. The molecular weight excluding hydrogens is 230 g/mol. The lowest BCUT2D eigenvalue weighted by atomic mass is 10.2. The van der Waals surface area contributed by atoms with Gasteiger partial charge in [0.1, 0.15) is 5.03 Å². The van der Waals surface area contributed by atoms with Gasteiger partial charge in [0.05, 0.1) is 16.6 Å². The van der Waals surface area contributed by atoms with E-state index in [4.69, 9.17) is 0 Å². The van der Waals surface area contributed by atoms with Gasteiger partial charge in [-0.05, 0) is 31.5 Å². The summed E-state index contributed by atoms with van der Waals surface area (Å²) in [7, 11) is -1.06. The largest absolute Gasteiger partial charge is 0.252 e. The zero-order valence-corrected chi connectivity index (χ0v) is 10.8. The van der Waals surface area contributed by atoms with E-state index in [1.807, 2.05) is 56.3 Å². The molecule has 1 aromatic heterocycles. The minimum Gasteiger partial charge on any atom is -0.252 e. The minimum absolute atomic E-state index is 0.525. The number of hydrogen-bond donors (Lipinski definition) is 0. The van der Waals surface area contributed by atoms with E-state index in [0.29, 0.717) is 10.8 Å². The van der Waals surface area contributed by atoms with Crippen molar-refractivity contribution in [2.45, 2.75) is 24.6 Å². The maximum atomic E-state index is 12.1. The first kappa shape index (κ1) is 12.0. The van der Waals surface area contributed by atoms with Gasteiger partial charge in [-0.2, -0.15) is 0 Å². The Bertz CT molecular complexity index is 534. The lowest BCUT2D eigenvalue weighted by molar-refractivity contribution is 0.679. The molecule has 0 saturated heterocycles. The summed E-state index contributed by atoms with van der Waals surface area (Å²) in [4.78, 5) is 4.29. The Morgan fingerprint density at radius 1 is 1.06 bits per heavy atom. The Morgan fingerprint density at radius 3 is 2.41 bits per heavy atom. The van der Waals surface area contributed by atoms with Crippen LogP contribution in [0.4, 0.5) is 0 Å². The second-order valence-electron chi connectivity index (χ2n) is 4.09. The van der Waals surface area contributed by atoms with E-state index in [1.54, 1.807) is 0 Å². The summed E-state index contributed by atoms with van der Waals surface area (Å²) < 4.78 is 12.1. The number of benzene rings is 1. The van der Waals surface area contributed by atoms with Crippen LogP contribution in [0.15, 0.2) is 47.5 Å². The number of rotatable bonds is 3. The summed E-state index contributed by atoms with van der Waals surface area (Å²) in [5.41, 5.74) is 3.20. The quantitative estimate of drug-likeness (QED) is 0.832. The molecule has 0 radical (unpaired) electrons. The van der Waals surface area contributed by atoms with E-state index in [1.165, 1.54) is 5.56 Å². The van der Waals surface area contributed by atoms with Crippen LogP contribution in [0, 0.1) is 13.8 Å². The Kier molecular flexibility index (Phi) is 3.69. The minimum atomic E-state index is -1.06. The van der Waals surface area contributed by atoms with Gasteiger partial charge in [-0.15, -0.1) is 0 Å². The SMILES string of the molecule is Cc1ccc(CS(=O)c2cccc(C)n2)cc1. The predicted molar refractivity (Wildman–Crippen MR) is 70.3 cm³/mol. The fraction of sp³-hybridized carbons (Fsp3) is 0.214. The zero-order chi connectivity index (χ0) is 12.3. The molecule has 88 valence electrons. The van der Waals surface area contributed by atoms with Gasteiger partial charge < -0.3 is 0 Å². The van der Waals surface area contributed by atoms with E-state index >= 15 is 0 Å². The summed E-state index contributed by atoms with van der Waals surface area (Å²) in [5.74, 6) is 0.525. The highest BCUT2D eigenvalue weighted by atomic mass is 32.2. The van der Waals surface area contributed by atoms with Crippen LogP contribution in [-0.2, 0) is 16.6 Å². The van der Waals surface area contributed by atoms with E-state index in [-0.39, 0.29) is 0 Å². The van der Waals surface area contributed by atoms with Crippen LogP contribution in [0.3, 0.4) is 0 Å². The predicted octanol–water partition coefficient (Wildman–Crippen LogP) is 3.01. The first-order chi connectivity index (χ1) is 8.15. The molecule has 3 heteroatoms. The molecule has 0 aliphatic heterocycles. The van der Waals surface area contributed by atoms with Crippen molar-refractivity contribution < 1.29 is 4.21 Å². The van der Waals surface area contributed by atoms with E-state index in [2.05, 4.69) is 4.98 Å². The normalized spacial score (nSPS) is 12.4. The summed E-state index contributed by atoms with van der Waals surface area (Å²) >= 11 is 0. The van der Waals surface area contributed by atoms with E-state index in [9.17, 15) is 4.21 Å². The summed E-state index contributed by atoms with van der Waals surface area (Å²) in [6.07, 6.45) is 0. The number of hydrogen-bond acceptors (Lipinski definition) is 2. The summed E-state index contributed by atoms with van der Waals surface area (Å²) in [5, 5.41) is 0.658. The van der Waals surface area contributed by atoms with Crippen molar-refractivity contribution in [1.29, 1.82) is 0 Å². The lowest BCUT2D eigenvalue weighted by Gasteiger charge is -2.03. The third kappa shape index (κ3) is 3.24. The molecule has 1 unspecified atom stereocenters. The maximum absolute atomic E-state index is 12.1. The molecule has 2 aromatic rings. The third-order valence-electron chi connectivity index (χ3n) is 2.51. The highest BCUT2D eigenvalue weighted by Gasteiger charge is 2.06. The van der Waals surface area contributed by atoms with Crippen LogP contribution in [0.2, 0.25) is 0 Å². The van der Waals surface area contributed by atoms with Crippen LogP contribution in [0.1, 0.15) is 16.8 Å². The second-order valence-corrected chi connectivity index (χ2v) is 5.49. The zero-order valence-electron chi connectivity index (χ0n) is 10.0. The van der Waals surface area contributed by atoms with Crippen LogP contribution in [0.5, 0.6) is 0 Å². The van der Waals surface area contributed by atoms with Gasteiger partial charge in [-0.25, -0.2) is 4.98 Å². The van der Waals surface area contributed by atoms with Crippen LogP contribution < -0.4 is 0 Å². The smallest absolute Gasteiger partial charge is 0.127 e. The average molecular weight is 245 g/mol. The summed E-state index contributed by atoms with van der Waals surface area (Å²) in [6, 6.07) is 13.7. The molecule has 17 heavy (non-hydrogen) atoms. The first-order valence-electron chi connectivity index (χ1n) is 5.53. The number of pyridine rings is 1. The van der Waals surface area contributed by atoms with E-state index < -0.39 is 10.8 Å². The molecule has 2 rings (SSSR count). The third-order valence-corrected chi connectivity index (χ3v) is 3.80. The Balaban J connectivity index is 2.14. The molecule has 1 aromatic carbocycles. The van der Waals surface area contributed by atoms with Crippen LogP contribution in [0.25, 0.3) is 0 Å². The Morgan fingerprint density at radius 2 is 1.76 bits per heavy atom. The molecule has 0 spiro atoms. The fourth-order valence-corrected chi connectivity index (χ4v) is 2.67. The Hall–Kier alpha value is -1.48. The van der Waals surface area contributed by atoms with Gasteiger partial charge in [-0.1, -0.05) is 35.9 Å². The molecule has 0 bridgehead atoms. The molecule has 0 aliphatic rings. The molecule has 0 aliphatic carbocycles. The average Bonchev–Trinajstić information content (AvgIpc) is 2.32. The molecular formula is C14H15NOS. The number of aryl methyl sites for hydroxylation is 2. The number of aromatic nitrogens is 1. The van der Waals surface area contributed by atoms with Crippen molar-refractivity contribution in [1.82, 2.24) is 4.98 Å². The molecule has 0 fully saturated rings. The summed E-state index contributed by atoms with van der Waals surface area (Å²) in [6.45, 7) is 3.95. The second kappa shape index (κ2) is 5.23. The highest BCUT2D eigenvalue weighted by Crippen LogP contribution is 2.11.